The van der Waals surface area contributed by atoms with Crippen LogP contribution in [0.15, 0.2) is 0 Å². The van der Waals surface area contributed by atoms with E-state index in [-0.39, 0.29) is 12.0 Å². The molecule has 0 spiro atoms. The largest absolute Gasteiger partial charge is 0.340 e. The zero-order valence-electron chi connectivity index (χ0n) is 6.96. The highest BCUT2D eigenvalue weighted by molar-refractivity contribution is 5.73. The third-order valence-corrected chi connectivity index (χ3v) is 1.87. The van der Waals surface area contributed by atoms with Crippen LogP contribution in [0.5, 0.6) is 0 Å². The van der Waals surface area contributed by atoms with Crippen LogP contribution in [-0.4, -0.2) is 37.0 Å². The minimum Gasteiger partial charge on any atom is -0.340 e. The number of amides is 1. The van der Waals surface area contributed by atoms with Crippen molar-refractivity contribution in [2.24, 2.45) is 0 Å². The number of nitrogens with one attached hydrogen (secondary N) is 1. The molecule has 1 fully saturated rings. The van der Waals surface area contributed by atoms with Gasteiger partial charge in [-0.15, -0.1) is 0 Å². The van der Waals surface area contributed by atoms with Gasteiger partial charge in [-0.3, -0.25) is 9.63 Å². The number of carbonyl (C=O) groups excluding carboxylic acids is 1. The predicted octanol–water partition coefficient (Wildman–Crippen LogP) is -0.242. The van der Waals surface area contributed by atoms with Crippen LogP contribution in [0.25, 0.3) is 0 Å². The maximum absolute atomic E-state index is 10.8. The minimum atomic E-state index is 0.132. The lowest BCUT2D eigenvalue weighted by Crippen LogP contribution is -2.29. The van der Waals surface area contributed by atoms with Crippen molar-refractivity contribution in [2.45, 2.75) is 19.4 Å². The van der Waals surface area contributed by atoms with E-state index in [2.05, 4.69) is 5.48 Å². The molecular formula is C7H14N2O2. The lowest BCUT2D eigenvalue weighted by Gasteiger charge is -2.13. The lowest BCUT2D eigenvalue weighted by atomic mass is 10.3. The molecule has 1 amide bonds. The second kappa shape index (κ2) is 3.69. The first-order chi connectivity index (χ1) is 5.24. The molecular weight excluding hydrogens is 144 g/mol. The lowest BCUT2D eigenvalue weighted by molar-refractivity contribution is -0.128. The molecule has 0 aromatic heterocycles. The second-order valence-electron chi connectivity index (χ2n) is 2.70. The fraction of sp³-hybridized carbons (Fsp3) is 0.857. The molecule has 1 aliphatic heterocycles. The van der Waals surface area contributed by atoms with Crippen LogP contribution in [0.1, 0.15) is 13.3 Å². The molecule has 1 saturated heterocycles. The van der Waals surface area contributed by atoms with Gasteiger partial charge in [0.25, 0.3) is 0 Å². The molecule has 0 saturated carbocycles. The number of rotatable bonds is 2. The van der Waals surface area contributed by atoms with E-state index in [1.807, 2.05) is 0 Å². The van der Waals surface area contributed by atoms with Crippen LogP contribution >= 0.6 is 0 Å². The fourth-order valence-corrected chi connectivity index (χ4v) is 1.28. The maximum Gasteiger partial charge on any atom is 0.219 e. The summed E-state index contributed by atoms with van der Waals surface area (Å²) in [7, 11) is 1.73. The van der Waals surface area contributed by atoms with Crippen LogP contribution in [0.2, 0.25) is 0 Å². The highest BCUT2D eigenvalue weighted by Gasteiger charge is 2.24. The van der Waals surface area contributed by atoms with E-state index in [9.17, 15) is 4.79 Å². The molecule has 1 rings (SSSR count). The topological polar surface area (TPSA) is 41.6 Å². The van der Waals surface area contributed by atoms with Crippen molar-refractivity contribution < 1.29 is 9.63 Å². The first-order valence-electron chi connectivity index (χ1n) is 3.82. The average molecular weight is 158 g/mol. The Balaban J connectivity index is 2.29. The summed E-state index contributed by atoms with van der Waals surface area (Å²) in [5, 5.41) is 0. The van der Waals surface area contributed by atoms with Crippen molar-refractivity contribution in [2.75, 3.05) is 20.1 Å². The molecule has 64 valence electrons. The van der Waals surface area contributed by atoms with E-state index < -0.39 is 0 Å². The van der Waals surface area contributed by atoms with Gasteiger partial charge in [0.05, 0.1) is 6.10 Å². The van der Waals surface area contributed by atoms with Gasteiger partial charge in [-0.05, 0) is 6.42 Å². The Bertz CT molecular complexity index is 149. The van der Waals surface area contributed by atoms with E-state index in [1.165, 1.54) is 0 Å². The van der Waals surface area contributed by atoms with E-state index >= 15 is 0 Å². The Labute approximate surface area is 66.5 Å². The monoisotopic (exact) mass is 158 g/mol. The highest BCUT2D eigenvalue weighted by atomic mass is 16.7. The van der Waals surface area contributed by atoms with Gasteiger partial charge in [0.15, 0.2) is 0 Å². The summed E-state index contributed by atoms with van der Waals surface area (Å²) in [4.78, 5) is 17.8. The summed E-state index contributed by atoms with van der Waals surface area (Å²) < 4.78 is 0. The van der Waals surface area contributed by atoms with Crippen molar-refractivity contribution in [1.29, 1.82) is 0 Å². The molecule has 1 N–H and O–H groups in total. The van der Waals surface area contributed by atoms with Crippen molar-refractivity contribution in [1.82, 2.24) is 10.4 Å². The van der Waals surface area contributed by atoms with Crippen LogP contribution in [0.3, 0.4) is 0 Å². The minimum absolute atomic E-state index is 0.132. The standard InChI is InChI=1S/C7H14N2O2/c1-6(10)9-4-3-7(5-9)11-8-2/h7-8H,3-5H2,1-2H3. The molecule has 4 nitrogen and oxygen atoms in total. The summed E-state index contributed by atoms with van der Waals surface area (Å²) in [5.41, 5.74) is 2.63. The van der Waals surface area contributed by atoms with E-state index in [4.69, 9.17) is 4.84 Å². The molecule has 0 aromatic rings. The molecule has 11 heavy (non-hydrogen) atoms. The SMILES string of the molecule is CNOC1CCN(C(C)=O)C1. The summed E-state index contributed by atoms with van der Waals surface area (Å²) in [6.45, 7) is 3.12. The molecule has 1 aliphatic rings. The van der Waals surface area contributed by atoms with Crippen molar-refractivity contribution in [3.8, 4) is 0 Å². The first-order valence-corrected chi connectivity index (χ1v) is 3.82. The Morgan fingerprint density at radius 1 is 1.73 bits per heavy atom. The van der Waals surface area contributed by atoms with Crippen LogP contribution in [0.4, 0.5) is 0 Å². The second-order valence-corrected chi connectivity index (χ2v) is 2.70. The third kappa shape index (κ3) is 2.17. The Morgan fingerprint density at radius 2 is 2.45 bits per heavy atom. The summed E-state index contributed by atoms with van der Waals surface area (Å²) in [6, 6.07) is 0. The van der Waals surface area contributed by atoms with Gasteiger partial charge in [-0.1, -0.05) is 0 Å². The molecule has 0 bridgehead atoms. The summed E-state index contributed by atoms with van der Waals surface area (Å²) >= 11 is 0. The molecule has 0 aromatic carbocycles. The Morgan fingerprint density at radius 3 is 2.91 bits per heavy atom. The molecule has 1 atom stereocenters. The zero-order valence-corrected chi connectivity index (χ0v) is 6.96. The maximum atomic E-state index is 10.8. The zero-order chi connectivity index (χ0) is 8.27. The van der Waals surface area contributed by atoms with E-state index in [1.54, 1.807) is 18.9 Å². The summed E-state index contributed by atoms with van der Waals surface area (Å²) in [6.07, 6.45) is 1.10. The van der Waals surface area contributed by atoms with Gasteiger partial charge in [0.1, 0.15) is 0 Å². The Kier molecular flexibility index (Phi) is 2.84. The molecule has 1 unspecified atom stereocenters. The third-order valence-electron chi connectivity index (χ3n) is 1.87. The molecule has 4 heteroatoms. The van der Waals surface area contributed by atoms with Crippen molar-refractivity contribution >= 4 is 5.91 Å². The quantitative estimate of drug-likeness (QED) is 0.564. The number of likely N-dealkylation sites (tertiary alicyclic amines) is 1. The number of hydrogen-bond acceptors (Lipinski definition) is 3. The van der Waals surface area contributed by atoms with E-state index in [0.717, 1.165) is 19.5 Å². The Hall–Kier alpha value is -0.610. The van der Waals surface area contributed by atoms with Gasteiger partial charge >= 0.3 is 0 Å². The molecule has 0 radical (unpaired) electrons. The van der Waals surface area contributed by atoms with Gasteiger partial charge < -0.3 is 4.90 Å². The van der Waals surface area contributed by atoms with Gasteiger partial charge in [0, 0.05) is 27.1 Å². The van der Waals surface area contributed by atoms with Gasteiger partial charge in [0.2, 0.25) is 5.91 Å². The molecule has 1 heterocycles. The summed E-state index contributed by atoms with van der Waals surface area (Å²) in [5.74, 6) is 0.132. The number of nitrogens with zero attached hydrogens (tertiary/aromatic N) is 1. The smallest absolute Gasteiger partial charge is 0.219 e. The predicted molar refractivity (Wildman–Crippen MR) is 40.8 cm³/mol. The number of hydrogen-bond donors (Lipinski definition) is 1. The molecule has 0 aliphatic carbocycles. The number of hydroxylamine groups is 1. The average Bonchev–Trinajstić information content (AvgIpc) is 2.37. The van der Waals surface area contributed by atoms with E-state index in [0.29, 0.717) is 0 Å². The highest BCUT2D eigenvalue weighted by Crippen LogP contribution is 2.10. The fourth-order valence-electron chi connectivity index (χ4n) is 1.28. The van der Waals surface area contributed by atoms with Gasteiger partial charge in [-0.25, -0.2) is 5.48 Å². The van der Waals surface area contributed by atoms with Crippen molar-refractivity contribution in [3.63, 3.8) is 0 Å². The van der Waals surface area contributed by atoms with Crippen LogP contribution in [0, 0.1) is 0 Å². The first kappa shape index (κ1) is 8.49. The normalized spacial score (nSPS) is 24.2. The van der Waals surface area contributed by atoms with Gasteiger partial charge in [-0.2, -0.15) is 0 Å². The number of carbonyl (C=O) groups is 1. The van der Waals surface area contributed by atoms with Crippen LogP contribution in [-0.2, 0) is 9.63 Å². The van der Waals surface area contributed by atoms with Crippen molar-refractivity contribution in [3.05, 3.63) is 0 Å². The van der Waals surface area contributed by atoms with Crippen LogP contribution < -0.4 is 5.48 Å².